The van der Waals surface area contributed by atoms with Crippen molar-refractivity contribution in [2.75, 3.05) is 32.5 Å². The Balaban J connectivity index is 1.30. The van der Waals surface area contributed by atoms with E-state index in [1.165, 1.54) is 40.4 Å². The molecule has 0 unspecified atom stereocenters. The smallest absolute Gasteiger partial charge is 0.254 e. The van der Waals surface area contributed by atoms with Gasteiger partial charge in [0.15, 0.2) is 11.6 Å². The summed E-state index contributed by atoms with van der Waals surface area (Å²) in [5.41, 5.74) is 12.3. The quantitative estimate of drug-likeness (QED) is 0.506. The molecule has 3 aromatic rings. The van der Waals surface area contributed by atoms with Gasteiger partial charge in [0, 0.05) is 31.4 Å². The number of nitrogens with one attached hydrogen (secondary N) is 1. The van der Waals surface area contributed by atoms with Crippen molar-refractivity contribution < 1.29 is 9.53 Å². The van der Waals surface area contributed by atoms with Crippen LogP contribution in [0.5, 0.6) is 0 Å². The van der Waals surface area contributed by atoms with Gasteiger partial charge >= 0.3 is 0 Å². The summed E-state index contributed by atoms with van der Waals surface area (Å²) in [7, 11) is 2.14. The Kier molecular flexibility index (Phi) is 6.79. The van der Waals surface area contributed by atoms with Crippen molar-refractivity contribution in [1.82, 2.24) is 30.0 Å². The number of aryl methyl sites for hydroxylation is 1. The molecular formula is C26H33N7O2. The fraction of sp³-hybridized carbons (Fsp3) is 0.462. The fourth-order valence-corrected chi connectivity index (χ4v) is 5.01. The van der Waals surface area contributed by atoms with Crippen molar-refractivity contribution in [3.8, 4) is 17.1 Å². The first kappa shape index (κ1) is 23.4. The maximum absolute atomic E-state index is 12.6. The predicted molar refractivity (Wildman–Crippen MR) is 134 cm³/mol. The van der Waals surface area contributed by atoms with Crippen LogP contribution < -0.4 is 11.1 Å². The van der Waals surface area contributed by atoms with E-state index in [4.69, 9.17) is 15.5 Å². The molecule has 0 bridgehead atoms. The maximum Gasteiger partial charge on any atom is 0.254 e. The van der Waals surface area contributed by atoms with E-state index >= 15 is 0 Å². The van der Waals surface area contributed by atoms with Gasteiger partial charge in [-0.05, 0) is 62.1 Å². The molecule has 184 valence electrons. The Morgan fingerprint density at radius 3 is 2.91 bits per heavy atom. The van der Waals surface area contributed by atoms with Gasteiger partial charge in [0.05, 0.1) is 36.4 Å². The van der Waals surface area contributed by atoms with Gasteiger partial charge < -0.3 is 20.7 Å². The molecule has 0 spiro atoms. The summed E-state index contributed by atoms with van der Waals surface area (Å²) in [6.45, 7) is 5.12. The summed E-state index contributed by atoms with van der Waals surface area (Å²) >= 11 is 0. The highest BCUT2D eigenvalue weighted by Gasteiger charge is 2.19. The lowest BCUT2D eigenvalue weighted by Crippen LogP contribution is -2.28. The summed E-state index contributed by atoms with van der Waals surface area (Å²) < 4.78 is 7.32. The number of hydrogen-bond acceptors (Lipinski definition) is 7. The summed E-state index contributed by atoms with van der Waals surface area (Å²) in [6.07, 6.45) is 10.9. The highest BCUT2D eigenvalue weighted by Crippen LogP contribution is 2.29. The molecule has 0 atom stereocenters. The van der Waals surface area contributed by atoms with Crippen molar-refractivity contribution >= 4 is 11.7 Å². The van der Waals surface area contributed by atoms with Gasteiger partial charge in [0.2, 0.25) is 0 Å². The standard InChI is InChI=1S/C26H33N7O2/c1-17-11-18(12-19-15-32(2)9-7-22(17)19)23-14-29-24(27)25(31-23)33-16-20(13-30-33)26(34)28-8-10-35-21-5-3-4-6-21/h11-14,16,21H,3-10,15H2,1-2H3,(H2,27,29)(H,28,34). The number of carbonyl (C=O) groups excluding carboxylic acids is 1. The number of nitrogens with zero attached hydrogens (tertiary/aromatic N) is 5. The van der Waals surface area contributed by atoms with Crippen molar-refractivity contribution in [3.05, 3.63) is 53.0 Å². The van der Waals surface area contributed by atoms with E-state index in [-0.39, 0.29) is 11.7 Å². The number of hydrogen-bond donors (Lipinski definition) is 2. The van der Waals surface area contributed by atoms with E-state index in [0.717, 1.165) is 43.6 Å². The number of fused-ring (bicyclic) bond motifs is 1. The first-order valence-electron chi connectivity index (χ1n) is 12.4. The second-order valence-electron chi connectivity index (χ2n) is 9.59. The third kappa shape index (κ3) is 5.21. The van der Waals surface area contributed by atoms with Gasteiger partial charge in [-0.3, -0.25) is 4.79 Å². The second kappa shape index (κ2) is 10.1. The predicted octanol–water partition coefficient (Wildman–Crippen LogP) is 2.90. The molecule has 2 aliphatic rings. The fourth-order valence-electron chi connectivity index (χ4n) is 5.01. The molecule has 1 aliphatic carbocycles. The number of aromatic nitrogens is 4. The Morgan fingerprint density at radius 2 is 2.09 bits per heavy atom. The van der Waals surface area contributed by atoms with Crippen LogP contribution in [0.3, 0.4) is 0 Å². The Bertz CT molecular complexity index is 1220. The Hall–Kier alpha value is -3.30. The number of rotatable bonds is 7. The first-order chi connectivity index (χ1) is 17.0. The van der Waals surface area contributed by atoms with E-state index in [9.17, 15) is 4.79 Å². The topological polar surface area (TPSA) is 111 Å². The third-order valence-corrected chi connectivity index (χ3v) is 6.93. The normalized spacial score (nSPS) is 16.4. The SMILES string of the molecule is Cc1cc(-c2cnc(N)c(-n3cc(C(=O)NCCOC4CCCC4)cn3)n2)cc2c1CCN(C)C2. The molecule has 9 nitrogen and oxygen atoms in total. The molecule has 9 heteroatoms. The molecular weight excluding hydrogens is 442 g/mol. The molecule has 1 fully saturated rings. The van der Waals surface area contributed by atoms with E-state index in [1.807, 2.05) is 0 Å². The van der Waals surface area contributed by atoms with Crippen LogP contribution in [0.25, 0.3) is 17.1 Å². The Morgan fingerprint density at radius 1 is 1.26 bits per heavy atom. The van der Waals surface area contributed by atoms with Gasteiger partial charge in [0.1, 0.15) is 0 Å². The molecule has 1 aromatic carbocycles. The van der Waals surface area contributed by atoms with Crippen LogP contribution in [0.15, 0.2) is 30.7 Å². The van der Waals surface area contributed by atoms with E-state index in [2.05, 4.69) is 46.4 Å². The number of benzene rings is 1. The number of anilines is 1. The van der Waals surface area contributed by atoms with Crippen LogP contribution in [-0.4, -0.2) is 63.4 Å². The minimum atomic E-state index is -0.205. The highest BCUT2D eigenvalue weighted by molar-refractivity contribution is 5.93. The van der Waals surface area contributed by atoms with Gasteiger partial charge in [-0.2, -0.15) is 5.10 Å². The second-order valence-corrected chi connectivity index (χ2v) is 9.59. The number of nitrogen functional groups attached to an aromatic ring is 1. The zero-order valence-electron chi connectivity index (χ0n) is 20.5. The van der Waals surface area contributed by atoms with Crippen LogP contribution in [0, 0.1) is 6.92 Å². The number of ether oxygens (including phenoxy) is 1. The first-order valence-corrected chi connectivity index (χ1v) is 12.4. The number of carbonyl (C=O) groups is 1. The van der Waals surface area contributed by atoms with E-state index < -0.39 is 0 Å². The minimum Gasteiger partial charge on any atom is -0.381 e. The molecule has 35 heavy (non-hydrogen) atoms. The number of nitrogens with two attached hydrogens (primary N) is 1. The summed E-state index contributed by atoms with van der Waals surface area (Å²) in [5.74, 6) is 0.449. The third-order valence-electron chi connectivity index (χ3n) is 6.93. The van der Waals surface area contributed by atoms with Gasteiger partial charge in [-0.1, -0.05) is 12.8 Å². The lowest BCUT2D eigenvalue weighted by atomic mass is 9.92. The number of likely N-dealkylation sites (N-methyl/N-ethyl adjacent to an activating group) is 1. The molecule has 1 aliphatic heterocycles. The lowest BCUT2D eigenvalue weighted by Gasteiger charge is -2.27. The minimum absolute atomic E-state index is 0.205. The molecule has 1 saturated carbocycles. The van der Waals surface area contributed by atoms with Gasteiger partial charge in [-0.25, -0.2) is 14.6 Å². The zero-order valence-corrected chi connectivity index (χ0v) is 20.5. The summed E-state index contributed by atoms with van der Waals surface area (Å²) in [5, 5.41) is 7.22. The monoisotopic (exact) mass is 475 g/mol. The lowest BCUT2D eigenvalue weighted by molar-refractivity contribution is 0.0582. The molecule has 2 aromatic heterocycles. The van der Waals surface area contributed by atoms with Crippen molar-refractivity contribution in [1.29, 1.82) is 0 Å². The summed E-state index contributed by atoms with van der Waals surface area (Å²) in [4.78, 5) is 24.0. The molecule has 0 radical (unpaired) electrons. The van der Waals surface area contributed by atoms with E-state index in [1.54, 1.807) is 12.4 Å². The maximum atomic E-state index is 12.6. The number of amides is 1. The van der Waals surface area contributed by atoms with Crippen LogP contribution in [-0.2, 0) is 17.7 Å². The van der Waals surface area contributed by atoms with Gasteiger partial charge in [0.25, 0.3) is 5.91 Å². The van der Waals surface area contributed by atoms with Crippen LogP contribution in [0.1, 0.15) is 52.7 Å². The van der Waals surface area contributed by atoms with Crippen molar-refractivity contribution in [2.45, 2.75) is 51.7 Å². The van der Waals surface area contributed by atoms with Crippen LogP contribution in [0.4, 0.5) is 5.82 Å². The average Bonchev–Trinajstić information content (AvgIpc) is 3.54. The molecule has 0 saturated heterocycles. The molecule has 3 N–H and O–H groups in total. The molecule has 3 heterocycles. The molecule has 1 amide bonds. The van der Waals surface area contributed by atoms with Gasteiger partial charge in [-0.15, -0.1) is 0 Å². The zero-order chi connectivity index (χ0) is 24.4. The molecule has 5 rings (SSSR count). The van der Waals surface area contributed by atoms with E-state index in [0.29, 0.717) is 30.6 Å². The highest BCUT2D eigenvalue weighted by atomic mass is 16.5. The van der Waals surface area contributed by atoms with Crippen molar-refractivity contribution in [3.63, 3.8) is 0 Å². The summed E-state index contributed by atoms with van der Waals surface area (Å²) in [6, 6.07) is 4.35. The Labute approximate surface area is 205 Å². The largest absolute Gasteiger partial charge is 0.381 e. The van der Waals surface area contributed by atoms with Crippen LogP contribution in [0.2, 0.25) is 0 Å². The average molecular weight is 476 g/mol. The van der Waals surface area contributed by atoms with Crippen molar-refractivity contribution in [2.24, 2.45) is 0 Å². The van der Waals surface area contributed by atoms with Crippen LogP contribution >= 0.6 is 0 Å².